The number of Topliss-reactive ketones (excluding diaryl/α,β-unsaturated/α-hetero) is 1. The summed E-state index contributed by atoms with van der Waals surface area (Å²) in [5.41, 5.74) is 1.74. The highest BCUT2D eigenvalue weighted by Gasteiger charge is 2.24. The van der Waals surface area contributed by atoms with Crippen LogP contribution in [-0.2, 0) is 4.79 Å². The lowest BCUT2D eigenvalue weighted by Gasteiger charge is -2.14. The van der Waals surface area contributed by atoms with E-state index in [-0.39, 0.29) is 34.5 Å². The number of hydrogen-bond donors (Lipinski definition) is 2. The molecule has 0 aliphatic carbocycles. The van der Waals surface area contributed by atoms with Gasteiger partial charge in [-0.2, -0.15) is 0 Å². The lowest BCUT2D eigenvalue weighted by Crippen LogP contribution is -2.26. The van der Waals surface area contributed by atoms with E-state index in [0.717, 1.165) is 5.56 Å². The number of anilines is 1. The van der Waals surface area contributed by atoms with Gasteiger partial charge in [-0.25, -0.2) is 9.97 Å². The van der Waals surface area contributed by atoms with Crippen LogP contribution in [-0.4, -0.2) is 33.4 Å². The maximum Gasteiger partial charge on any atom is 0.308 e. The van der Waals surface area contributed by atoms with Crippen molar-refractivity contribution in [1.29, 1.82) is 0 Å². The second-order valence-corrected chi connectivity index (χ2v) is 7.09. The molecule has 0 bridgehead atoms. The molecule has 0 spiro atoms. The van der Waals surface area contributed by atoms with E-state index in [2.05, 4.69) is 15.3 Å². The van der Waals surface area contributed by atoms with Crippen molar-refractivity contribution in [2.45, 2.75) is 6.42 Å². The van der Waals surface area contributed by atoms with E-state index in [0.29, 0.717) is 5.69 Å². The molecule has 0 amide bonds. The zero-order valence-corrected chi connectivity index (χ0v) is 16.7. The molecular formula is C21H17Cl2N3O3. The Kier molecular flexibility index (Phi) is 6.80. The fraction of sp³-hybridized carbons (Fsp3) is 0.143. The third kappa shape index (κ3) is 5.31. The van der Waals surface area contributed by atoms with Crippen LogP contribution in [0.4, 0.5) is 5.95 Å². The summed E-state index contributed by atoms with van der Waals surface area (Å²) in [6.45, 7) is -0.0264. The standard InChI is InChI=1S/C21H17Cl2N3O3/c22-15-7-4-8-16(23)19(15)18(27)11-14(20(28)29)12-25-21-24-10-9-17(26-21)13-5-2-1-3-6-13/h1-10,14H,11-12H2,(H,28,29)(H,24,25,26)/t14-/m0/s1. The Hall–Kier alpha value is -2.96. The largest absolute Gasteiger partial charge is 0.481 e. The van der Waals surface area contributed by atoms with Crippen LogP contribution in [0.1, 0.15) is 16.8 Å². The smallest absolute Gasteiger partial charge is 0.308 e. The molecule has 8 heteroatoms. The number of aliphatic carboxylic acids is 1. The predicted octanol–water partition coefficient (Wildman–Crippen LogP) is 4.84. The molecule has 0 radical (unpaired) electrons. The highest BCUT2D eigenvalue weighted by Crippen LogP contribution is 2.27. The quantitative estimate of drug-likeness (QED) is 0.497. The van der Waals surface area contributed by atoms with Crippen LogP contribution < -0.4 is 5.32 Å². The number of nitrogens with one attached hydrogen (secondary N) is 1. The molecule has 2 N–H and O–H groups in total. The van der Waals surface area contributed by atoms with Crippen LogP contribution in [0.5, 0.6) is 0 Å². The maximum absolute atomic E-state index is 12.6. The third-order valence-electron chi connectivity index (χ3n) is 4.25. The van der Waals surface area contributed by atoms with Crippen molar-refractivity contribution in [2.24, 2.45) is 5.92 Å². The van der Waals surface area contributed by atoms with Gasteiger partial charge in [0.15, 0.2) is 5.78 Å². The molecule has 3 aromatic rings. The van der Waals surface area contributed by atoms with E-state index >= 15 is 0 Å². The zero-order valence-electron chi connectivity index (χ0n) is 15.2. The highest BCUT2D eigenvalue weighted by molar-refractivity contribution is 6.39. The molecule has 2 aromatic carbocycles. The Bertz CT molecular complexity index is 1010. The van der Waals surface area contributed by atoms with Gasteiger partial charge >= 0.3 is 5.97 Å². The van der Waals surface area contributed by atoms with Crippen LogP contribution in [0, 0.1) is 5.92 Å². The summed E-state index contributed by atoms with van der Waals surface area (Å²) in [6, 6.07) is 16.0. The zero-order chi connectivity index (χ0) is 20.8. The summed E-state index contributed by atoms with van der Waals surface area (Å²) in [5.74, 6) is -2.28. The minimum atomic E-state index is -1.12. The van der Waals surface area contributed by atoms with Gasteiger partial charge in [0.1, 0.15) is 0 Å². The van der Waals surface area contributed by atoms with Crippen molar-refractivity contribution >= 4 is 40.9 Å². The van der Waals surface area contributed by atoms with Gasteiger partial charge in [0.25, 0.3) is 0 Å². The first kappa shape index (κ1) is 20.8. The Balaban J connectivity index is 1.71. The summed E-state index contributed by atoms with van der Waals surface area (Å²) in [5, 5.41) is 12.8. The fourth-order valence-electron chi connectivity index (χ4n) is 2.76. The third-order valence-corrected chi connectivity index (χ3v) is 4.88. The summed E-state index contributed by atoms with van der Waals surface area (Å²) in [7, 11) is 0. The number of carbonyl (C=O) groups is 2. The van der Waals surface area contributed by atoms with Crippen LogP contribution in [0.2, 0.25) is 10.0 Å². The first-order valence-corrected chi connectivity index (χ1v) is 9.53. The molecule has 1 atom stereocenters. The van der Waals surface area contributed by atoms with Gasteiger partial charge in [-0.15, -0.1) is 0 Å². The van der Waals surface area contributed by atoms with Crippen molar-refractivity contribution in [3.05, 3.63) is 76.4 Å². The number of benzene rings is 2. The van der Waals surface area contributed by atoms with Crippen molar-refractivity contribution in [3.8, 4) is 11.3 Å². The number of carboxylic acids is 1. The Morgan fingerprint density at radius 3 is 2.34 bits per heavy atom. The van der Waals surface area contributed by atoms with Gasteiger partial charge in [0.2, 0.25) is 5.95 Å². The first-order chi connectivity index (χ1) is 14.0. The SMILES string of the molecule is O=C(C[C@@H](CNc1nccc(-c2ccccc2)n1)C(=O)O)c1c(Cl)cccc1Cl. The average molecular weight is 430 g/mol. The molecule has 0 aliphatic rings. The van der Waals surface area contributed by atoms with Crippen molar-refractivity contribution < 1.29 is 14.7 Å². The molecule has 0 saturated heterocycles. The van der Waals surface area contributed by atoms with Crippen molar-refractivity contribution in [2.75, 3.05) is 11.9 Å². The van der Waals surface area contributed by atoms with Gasteiger partial charge in [0, 0.05) is 24.7 Å². The summed E-state index contributed by atoms with van der Waals surface area (Å²) in [6.07, 6.45) is 1.33. The summed E-state index contributed by atoms with van der Waals surface area (Å²) in [4.78, 5) is 32.7. The minimum Gasteiger partial charge on any atom is -0.481 e. The van der Waals surface area contributed by atoms with E-state index in [1.54, 1.807) is 18.3 Å². The number of hydrogen-bond acceptors (Lipinski definition) is 5. The Morgan fingerprint density at radius 1 is 1.00 bits per heavy atom. The second-order valence-electron chi connectivity index (χ2n) is 6.27. The normalized spacial score (nSPS) is 11.7. The van der Waals surface area contributed by atoms with Gasteiger partial charge < -0.3 is 10.4 Å². The number of rotatable bonds is 8. The number of ketones is 1. The highest BCUT2D eigenvalue weighted by atomic mass is 35.5. The van der Waals surface area contributed by atoms with Gasteiger partial charge in [-0.1, -0.05) is 59.6 Å². The molecule has 0 saturated carbocycles. The molecule has 1 heterocycles. The number of carboxylic acid groups (broad SMARTS) is 1. The molecule has 148 valence electrons. The van der Waals surface area contributed by atoms with Crippen LogP contribution in [0.3, 0.4) is 0 Å². The Labute approximate surface area is 177 Å². The molecule has 1 aromatic heterocycles. The minimum absolute atomic E-state index is 0.0264. The number of carbonyl (C=O) groups excluding carboxylic acids is 1. The van der Waals surface area contributed by atoms with Crippen LogP contribution in [0.25, 0.3) is 11.3 Å². The number of halogens is 2. The fourth-order valence-corrected chi connectivity index (χ4v) is 3.37. The van der Waals surface area contributed by atoms with Crippen LogP contribution >= 0.6 is 23.2 Å². The van der Waals surface area contributed by atoms with Gasteiger partial charge in [-0.3, -0.25) is 9.59 Å². The lowest BCUT2D eigenvalue weighted by atomic mass is 9.98. The van der Waals surface area contributed by atoms with E-state index < -0.39 is 17.7 Å². The summed E-state index contributed by atoms with van der Waals surface area (Å²) < 4.78 is 0. The van der Waals surface area contributed by atoms with E-state index in [9.17, 15) is 14.7 Å². The molecule has 29 heavy (non-hydrogen) atoms. The second kappa shape index (κ2) is 9.49. The Morgan fingerprint density at radius 2 is 1.69 bits per heavy atom. The molecular weight excluding hydrogens is 413 g/mol. The number of aromatic nitrogens is 2. The lowest BCUT2D eigenvalue weighted by molar-refractivity contribution is -0.141. The van der Waals surface area contributed by atoms with Gasteiger partial charge in [-0.05, 0) is 18.2 Å². The first-order valence-electron chi connectivity index (χ1n) is 8.78. The van der Waals surface area contributed by atoms with E-state index in [4.69, 9.17) is 23.2 Å². The molecule has 3 rings (SSSR count). The average Bonchev–Trinajstić information content (AvgIpc) is 2.71. The molecule has 6 nitrogen and oxygen atoms in total. The van der Waals surface area contributed by atoms with Crippen molar-refractivity contribution in [1.82, 2.24) is 9.97 Å². The molecule has 0 aliphatic heterocycles. The maximum atomic E-state index is 12.6. The molecule has 0 unspecified atom stereocenters. The number of nitrogens with zero attached hydrogens (tertiary/aromatic N) is 2. The van der Waals surface area contributed by atoms with E-state index in [1.807, 2.05) is 30.3 Å². The van der Waals surface area contributed by atoms with Crippen LogP contribution in [0.15, 0.2) is 60.8 Å². The predicted molar refractivity (Wildman–Crippen MR) is 112 cm³/mol. The monoisotopic (exact) mass is 429 g/mol. The molecule has 0 fully saturated rings. The topological polar surface area (TPSA) is 92.2 Å². The van der Waals surface area contributed by atoms with E-state index in [1.165, 1.54) is 12.1 Å². The summed E-state index contributed by atoms with van der Waals surface area (Å²) >= 11 is 12.1. The van der Waals surface area contributed by atoms with Gasteiger partial charge in [0.05, 0.1) is 27.2 Å². The van der Waals surface area contributed by atoms with Crippen molar-refractivity contribution in [3.63, 3.8) is 0 Å².